The van der Waals surface area contributed by atoms with Gasteiger partial charge in [0.15, 0.2) is 0 Å². The normalized spacial score (nSPS) is 12.4. The Balaban J connectivity index is 2.06. The molecule has 0 aliphatic heterocycles. The third-order valence-electron chi connectivity index (χ3n) is 4.66. The molecule has 0 fully saturated rings. The molecule has 0 aliphatic rings. The summed E-state index contributed by atoms with van der Waals surface area (Å²) in [7, 11) is 0. The molecule has 2 aromatic rings. The molecule has 2 heterocycles. The Bertz CT molecular complexity index is 667. The number of pyridine rings is 2. The van der Waals surface area contributed by atoms with Crippen molar-refractivity contribution in [1.82, 2.24) is 15.3 Å². The van der Waals surface area contributed by atoms with Crippen molar-refractivity contribution in [3.8, 4) is 0 Å². The molecule has 24 heavy (non-hydrogen) atoms. The summed E-state index contributed by atoms with van der Waals surface area (Å²) in [5.74, 6) is 0. The summed E-state index contributed by atoms with van der Waals surface area (Å²) in [6, 6.07) is 4.63. The Morgan fingerprint density at radius 3 is 2.58 bits per heavy atom. The lowest BCUT2D eigenvalue weighted by molar-refractivity contribution is 0.458. The highest BCUT2D eigenvalue weighted by Gasteiger charge is 2.13. The molecule has 0 spiro atoms. The van der Waals surface area contributed by atoms with Crippen LogP contribution < -0.4 is 11.1 Å². The maximum absolute atomic E-state index is 5.72. The van der Waals surface area contributed by atoms with Gasteiger partial charge >= 0.3 is 0 Å². The van der Waals surface area contributed by atoms with E-state index < -0.39 is 0 Å². The molecule has 2 rings (SSSR count). The quantitative estimate of drug-likeness (QED) is 0.782. The van der Waals surface area contributed by atoms with Gasteiger partial charge in [-0.15, -0.1) is 0 Å². The zero-order valence-corrected chi connectivity index (χ0v) is 15.4. The highest BCUT2D eigenvalue weighted by Crippen LogP contribution is 2.14. The van der Waals surface area contributed by atoms with Gasteiger partial charge in [0.25, 0.3) is 0 Å². The molecular formula is C20H30N4. The Morgan fingerprint density at radius 2 is 1.88 bits per heavy atom. The van der Waals surface area contributed by atoms with E-state index in [0.717, 1.165) is 38.0 Å². The van der Waals surface area contributed by atoms with E-state index in [0.29, 0.717) is 6.04 Å². The van der Waals surface area contributed by atoms with Crippen molar-refractivity contribution in [2.24, 2.45) is 5.73 Å². The maximum atomic E-state index is 5.72. The van der Waals surface area contributed by atoms with Crippen molar-refractivity contribution in [2.75, 3.05) is 6.54 Å². The molecule has 0 aliphatic carbocycles. The van der Waals surface area contributed by atoms with Gasteiger partial charge in [0.2, 0.25) is 0 Å². The first-order valence-corrected chi connectivity index (χ1v) is 8.78. The Kier molecular flexibility index (Phi) is 6.88. The molecule has 0 aromatic carbocycles. The first-order valence-electron chi connectivity index (χ1n) is 8.78. The van der Waals surface area contributed by atoms with Crippen molar-refractivity contribution in [3.63, 3.8) is 0 Å². The third-order valence-corrected chi connectivity index (χ3v) is 4.66. The standard InChI is InChI=1S/C20H30N4/c1-14-10-16(3)19(24-12-14)11-18(6-5-8-21)23-13-20-17(4)15(2)7-9-22-20/h7,9-10,12,18,23H,5-6,8,11,13,21H2,1-4H3. The number of rotatable bonds is 8. The van der Waals surface area contributed by atoms with Gasteiger partial charge in [-0.1, -0.05) is 6.07 Å². The summed E-state index contributed by atoms with van der Waals surface area (Å²) in [6.45, 7) is 10.0. The SMILES string of the molecule is Cc1cnc(CC(CCCN)NCc2nccc(C)c2C)c(C)c1. The minimum atomic E-state index is 0.365. The van der Waals surface area contributed by atoms with Crippen molar-refractivity contribution < 1.29 is 0 Å². The first kappa shape index (κ1) is 18.6. The highest BCUT2D eigenvalue weighted by atomic mass is 14.9. The van der Waals surface area contributed by atoms with E-state index in [-0.39, 0.29) is 0 Å². The topological polar surface area (TPSA) is 63.8 Å². The lowest BCUT2D eigenvalue weighted by atomic mass is 10.0. The van der Waals surface area contributed by atoms with Gasteiger partial charge in [-0.25, -0.2) is 0 Å². The lowest BCUT2D eigenvalue weighted by Crippen LogP contribution is -2.32. The smallest absolute Gasteiger partial charge is 0.0573 e. The van der Waals surface area contributed by atoms with E-state index in [2.05, 4.69) is 55.1 Å². The molecule has 4 heteroatoms. The molecule has 0 saturated carbocycles. The predicted octanol–water partition coefficient (Wildman–Crippen LogP) is 3.15. The maximum Gasteiger partial charge on any atom is 0.0573 e. The van der Waals surface area contributed by atoms with Gasteiger partial charge in [0.05, 0.1) is 5.69 Å². The van der Waals surface area contributed by atoms with Crippen LogP contribution in [0.15, 0.2) is 24.5 Å². The summed E-state index contributed by atoms with van der Waals surface area (Å²) in [4.78, 5) is 9.15. The number of hydrogen-bond donors (Lipinski definition) is 2. The van der Waals surface area contributed by atoms with E-state index >= 15 is 0 Å². The van der Waals surface area contributed by atoms with Crippen LogP contribution in [0.25, 0.3) is 0 Å². The number of aromatic nitrogens is 2. The number of nitrogens with two attached hydrogens (primary N) is 1. The fourth-order valence-electron chi connectivity index (χ4n) is 2.94. The van der Waals surface area contributed by atoms with Gasteiger partial charge in [-0.05, 0) is 75.4 Å². The molecule has 2 aromatic heterocycles. The fraction of sp³-hybridized carbons (Fsp3) is 0.500. The second kappa shape index (κ2) is 8.90. The van der Waals surface area contributed by atoms with Crippen molar-refractivity contribution >= 4 is 0 Å². The second-order valence-electron chi connectivity index (χ2n) is 6.69. The summed E-state index contributed by atoms with van der Waals surface area (Å²) in [5, 5.41) is 3.67. The summed E-state index contributed by atoms with van der Waals surface area (Å²) in [5.41, 5.74) is 13.0. The molecule has 1 atom stereocenters. The van der Waals surface area contributed by atoms with Gasteiger partial charge in [-0.3, -0.25) is 9.97 Å². The first-order chi connectivity index (χ1) is 11.5. The minimum absolute atomic E-state index is 0.365. The monoisotopic (exact) mass is 326 g/mol. The Morgan fingerprint density at radius 1 is 1.08 bits per heavy atom. The molecule has 1 unspecified atom stereocenters. The summed E-state index contributed by atoms with van der Waals surface area (Å²) in [6.07, 6.45) is 6.84. The van der Waals surface area contributed by atoms with E-state index in [1.165, 1.54) is 27.9 Å². The molecule has 4 nitrogen and oxygen atoms in total. The number of nitrogens with zero attached hydrogens (tertiary/aromatic N) is 2. The van der Waals surface area contributed by atoms with Crippen LogP contribution >= 0.6 is 0 Å². The molecular weight excluding hydrogens is 296 g/mol. The Hall–Kier alpha value is -1.78. The van der Waals surface area contributed by atoms with Gasteiger partial charge in [0, 0.05) is 37.1 Å². The molecule has 0 saturated heterocycles. The van der Waals surface area contributed by atoms with Gasteiger partial charge in [0.1, 0.15) is 0 Å². The van der Waals surface area contributed by atoms with E-state index in [1.54, 1.807) is 0 Å². The second-order valence-corrected chi connectivity index (χ2v) is 6.69. The van der Waals surface area contributed by atoms with Crippen LogP contribution in [0.1, 0.15) is 46.5 Å². The lowest BCUT2D eigenvalue weighted by Gasteiger charge is -2.20. The van der Waals surface area contributed by atoms with Crippen LogP contribution in [0.2, 0.25) is 0 Å². The molecule has 0 amide bonds. The summed E-state index contributed by atoms with van der Waals surface area (Å²) < 4.78 is 0. The van der Waals surface area contributed by atoms with Crippen LogP contribution in [-0.2, 0) is 13.0 Å². The molecule has 3 N–H and O–H groups in total. The minimum Gasteiger partial charge on any atom is -0.330 e. The predicted molar refractivity (Wildman–Crippen MR) is 100 cm³/mol. The molecule has 0 radical (unpaired) electrons. The van der Waals surface area contributed by atoms with Crippen LogP contribution in [0.3, 0.4) is 0 Å². The van der Waals surface area contributed by atoms with E-state index in [1.807, 2.05) is 12.4 Å². The van der Waals surface area contributed by atoms with Crippen molar-refractivity contribution in [3.05, 3.63) is 58.2 Å². The number of hydrogen-bond acceptors (Lipinski definition) is 4. The third kappa shape index (κ3) is 5.11. The van der Waals surface area contributed by atoms with Crippen molar-refractivity contribution in [1.29, 1.82) is 0 Å². The zero-order valence-electron chi connectivity index (χ0n) is 15.4. The largest absolute Gasteiger partial charge is 0.330 e. The fourth-order valence-corrected chi connectivity index (χ4v) is 2.94. The average molecular weight is 326 g/mol. The van der Waals surface area contributed by atoms with Gasteiger partial charge in [-0.2, -0.15) is 0 Å². The zero-order chi connectivity index (χ0) is 17.5. The Labute approximate surface area is 145 Å². The number of aryl methyl sites for hydroxylation is 3. The van der Waals surface area contributed by atoms with Crippen molar-refractivity contribution in [2.45, 2.75) is 59.5 Å². The van der Waals surface area contributed by atoms with E-state index in [9.17, 15) is 0 Å². The average Bonchev–Trinajstić information content (AvgIpc) is 2.55. The van der Waals surface area contributed by atoms with Crippen LogP contribution in [0, 0.1) is 27.7 Å². The van der Waals surface area contributed by atoms with Crippen LogP contribution in [0.5, 0.6) is 0 Å². The van der Waals surface area contributed by atoms with Gasteiger partial charge < -0.3 is 11.1 Å². The van der Waals surface area contributed by atoms with Crippen LogP contribution in [0.4, 0.5) is 0 Å². The molecule has 0 bridgehead atoms. The summed E-state index contributed by atoms with van der Waals surface area (Å²) >= 11 is 0. The van der Waals surface area contributed by atoms with Crippen LogP contribution in [-0.4, -0.2) is 22.6 Å². The highest BCUT2D eigenvalue weighted by molar-refractivity contribution is 5.27. The molecule has 130 valence electrons. The number of nitrogens with one attached hydrogen (secondary N) is 1. The van der Waals surface area contributed by atoms with E-state index in [4.69, 9.17) is 5.73 Å².